The summed E-state index contributed by atoms with van der Waals surface area (Å²) in [5.41, 5.74) is 5.22. The van der Waals surface area contributed by atoms with Crippen LogP contribution in [0.2, 0.25) is 0 Å². The van der Waals surface area contributed by atoms with Gasteiger partial charge in [-0.2, -0.15) is 13.5 Å². The summed E-state index contributed by atoms with van der Waals surface area (Å²) in [4.78, 5) is -0.197. The average molecular weight is 396 g/mol. The van der Waals surface area contributed by atoms with E-state index in [0.717, 1.165) is 0 Å². The van der Waals surface area contributed by atoms with Crippen molar-refractivity contribution in [3.05, 3.63) is 66.0 Å². The van der Waals surface area contributed by atoms with E-state index in [2.05, 4.69) is 10.5 Å². The molecule has 1 aliphatic heterocycles. The predicted octanol–water partition coefficient (Wildman–Crippen LogP) is 2.51. The van der Waals surface area contributed by atoms with E-state index in [4.69, 9.17) is 16.1 Å². The van der Waals surface area contributed by atoms with Gasteiger partial charge in [0, 0.05) is 34.2 Å². The topological polar surface area (TPSA) is 144 Å². The largest absolute Gasteiger partial charge is 0.456 e. The third kappa shape index (κ3) is 2.97. The Balaban J connectivity index is 2.21. The molecule has 0 aromatic heterocycles. The van der Waals surface area contributed by atoms with Crippen molar-refractivity contribution in [2.75, 3.05) is 5.43 Å². The number of hydrogen-bond acceptors (Lipinski definition) is 7. The molecule has 0 unspecified atom stereocenters. The first-order chi connectivity index (χ1) is 13.4. The van der Waals surface area contributed by atoms with Crippen molar-refractivity contribution in [2.24, 2.45) is 16.8 Å². The van der Waals surface area contributed by atoms with E-state index in [9.17, 15) is 13.0 Å². The van der Waals surface area contributed by atoms with Gasteiger partial charge in [0.15, 0.2) is 0 Å². The van der Waals surface area contributed by atoms with E-state index < -0.39 is 10.1 Å². The second-order valence-electron chi connectivity index (χ2n) is 6.11. The third-order valence-corrected chi connectivity index (χ3v) is 5.37. The van der Waals surface area contributed by atoms with E-state index in [1.165, 1.54) is 6.07 Å². The lowest BCUT2D eigenvalue weighted by Crippen LogP contribution is -2.08. The Kier molecular flexibility index (Phi) is 4.27. The number of nitrogens with one attached hydrogen (secondary N) is 1. The molecule has 9 heteroatoms. The zero-order valence-electron chi connectivity index (χ0n) is 14.5. The summed E-state index contributed by atoms with van der Waals surface area (Å²) in [6, 6.07) is 16.5. The molecule has 1 heterocycles. The maximum absolute atomic E-state index is 12.0. The van der Waals surface area contributed by atoms with Gasteiger partial charge in [-0.3, -0.25) is 10.4 Å². The summed E-state index contributed by atoms with van der Waals surface area (Å²) in [6.07, 6.45) is 0. The molecule has 0 fully saturated rings. The zero-order valence-corrected chi connectivity index (χ0v) is 15.3. The lowest BCUT2D eigenvalue weighted by atomic mass is 9.93. The molecule has 0 atom stereocenters. The van der Waals surface area contributed by atoms with Gasteiger partial charge in [-0.15, -0.1) is 0 Å². The van der Waals surface area contributed by atoms with Crippen LogP contribution < -0.4 is 22.5 Å². The van der Waals surface area contributed by atoms with Gasteiger partial charge in [0.2, 0.25) is 0 Å². The minimum absolute atomic E-state index is 0.197. The average Bonchev–Trinajstić information content (AvgIpc) is 2.70. The van der Waals surface area contributed by atoms with Gasteiger partial charge in [-0.25, -0.2) is 0 Å². The molecule has 0 radical (unpaired) electrons. The number of hydrazine groups is 1. The number of hydrogen-bond donors (Lipinski definition) is 4. The molecular formula is C19H16N4O4S. The number of nitrogen functional groups attached to an aromatic ring is 1. The van der Waals surface area contributed by atoms with E-state index in [0.29, 0.717) is 44.5 Å². The Hall–Kier alpha value is -3.40. The van der Waals surface area contributed by atoms with Crippen molar-refractivity contribution >= 4 is 26.8 Å². The number of anilines is 1. The number of nitrogens with zero attached hydrogens (tertiary/aromatic N) is 1. The first-order valence-electron chi connectivity index (χ1n) is 8.20. The SMILES string of the molecule is N/N=c1/ccc2c(-c3ccccc3S(=O)(=O)O)c3ccc(NN)cc3oc-2c1. The summed E-state index contributed by atoms with van der Waals surface area (Å²) < 4.78 is 39.7. The number of rotatable bonds is 3. The van der Waals surface area contributed by atoms with Crippen molar-refractivity contribution in [3.8, 4) is 22.5 Å². The first-order valence-corrected chi connectivity index (χ1v) is 9.64. The molecule has 2 aromatic carbocycles. The van der Waals surface area contributed by atoms with Gasteiger partial charge in [0.25, 0.3) is 10.1 Å². The number of nitrogens with two attached hydrogens (primary N) is 2. The van der Waals surface area contributed by atoms with Crippen molar-refractivity contribution < 1.29 is 17.4 Å². The molecule has 142 valence electrons. The lowest BCUT2D eigenvalue weighted by molar-refractivity contribution is 0.483. The van der Waals surface area contributed by atoms with Crippen LogP contribution in [0.15, 0.2) is 75.1 Å². The summed E-state index contributed by atoms with van der Waals surface area (Å²) in [7, 11) is -4.45. The van der Waals surface area contributed by atoms with Crippen LogP contribution in [-0.2, 0) is 10.1 Å². The molecule has 8 nitrogen and oxygen atoms in total. The first kappa shape index (κ1) is 18.0. The normalized spacial score (nSPS) is 12.6. The predicted molar refractivity (Wildman–Crippen MR) is 106 cm³/mol. The quantitative estimate of drug-likeness (QED) is 0.180. The lowest BCUT2D eigenvalue weighted by Gasteiger charge is -2.17. The fraction of sp³-hybridized carbons (Fsp3) is 0. The Labute approximate surface area is 160 Å². The van der Waals surface area contributed by atoms with Gasteiger partial charge in [0.1, 0.15) is 16.2 Å². The van der Waals surface area contributed by atoms with Crippen LogP contribution in [0.25, 0.3) is 33.4 Å². The maximum Gasteiger partial charge on any atom is 0.295 e. The highest BCUT2D eigenvalue weighted by Crippen LogP contribution is 2.42. The van der Waals surface area contributed by atoms with Crippen molar-refractivity contribution in [3.63, 3.8) is 0 Å². The molecule has 0 spiro atoms. The van der Waals surface area contributed by atoms with Crippen LogP contribution in [0.3, 0.4) is 0 Å². The molecule has 0 saturated carbocycles. The summed E-state index contributed by atoms with van der Waals surface area (Å²) in [6.45, 7) is 0. The highest BCUT2D eigenvalue weighted by molar-refractivity contribution is 7.86. The molecule has 2 aliphatic rings. The molecule has 0 amide bonds. The van der Waals surface area contributed by atoms with Gasteiger partial charge in [-0.1, -0.05) is 18.2 Å². The molecule has 6 N–H and O–H groups in total. The van der Waals surface area contributed by atoms with E-state index >= 15 is 0 Å². The fourth-order valence-electron chi connectivity index (χ4n) is 3.24. The summed E-state index contributed by atoms with van der Waals surface area (Å²) in [5.74, 6) is 11.3. The minimum Gasteiger partial charge on any atom is -0.456 e. The van der Waals surface area contributed by atoms with Gasteiger partial charge in [-0.05, 0) is 30.3 Å². The van der Waals surface area contributed by atoms with Crippen molar-refractivity contribution in [2.45, 2.75) is 4.90 Å². The highest BCUT2D eigenvalue weighted by atomic mass is 32.2. The number of benzene rings is 3. The monoisotopic (exact) mass is 396 g/mol. The van der Waals surface area contributed by atoms with Crippen LogP contribution in [-0.4, -0.2) is 13.0 Å². The molecule has 0 saturated heterocycles. The Morgan fingerprint density at radius 1 is 1.00 bits per heavy atom. The zero-order chi connectivity index (χ0) is 19.9. The molecule has 2 aromatic rings. The van der Waals surface area contributed by atoms with Crippen LogP contribution in [0, 0.1) is 0 Å². The molecule has 1 aliphatic carbocycles. The van der Waals surface area contributed by atoms with Gasteiger partial charge in [0.05, 0.1) is 11.0 Å². The smallest absolute Gasteiger partial charge is 0.295 e. The van der Waals surface area contributed by atoms with Crippen LogP contribution in [0.4, 0.5) is 5.69 Å². The summed E-state index contributed by atoms with van der Waals surface area (Å²) in [5, 5.41) is 4.82. The highest BCUT2D eigenvalue weighted by Gasteiger charge is 2.23. The Morgan fingerprint density at radius 2 is 1.79 bits per heavy atom. The molecule has 0 bridgehead atoms. The fourth-order valence-corrected chi connectivity index (χ4v) is 3.94. The van der Waals surface area contributed by atoms with E-state index in [1.807, 2.05) is 0 Å². The van der Waals surface area contributed by atoms with E-state index in [-0.39, 0.29) is 4.90 Å². The Bertz CT molecular complexity index is 1350. The standard InChI is InChI=1S/C19H16N4O4S/c20-22-11-5-7-13-16(9-11)27-17-10-12(23-21)6-8-14(17)19(13)15-3-1-2-4-18(15)28(24,25)26/h1-10,22H,20-21H2,(H,24,25,26)/b23-12-. The van der Waals surface area contributed by atoms with Gasteiger partial charge >= 0.3 is 0 Å². The second kappa shape index (κ2) is 6.64. The van der Waals surface area contributed by atoms with Crippen LogP contribution in [0.1, 0.15) is 0 Å². The van der Waals surface area contributed by atoms with E-state index in [1.54, 1.807) is 54.6 Å². The van der Waals surface area contributed by atoms with Crippen LogP contribution >= 0.6 is 0 Å². The Morgan fingerprint density at radius 3 is 2.50 bits per heavy atom. The number of fused-ring (bicyclic) bond motifs is 2. The third-order valence-electron chi connectivity index (χ3n) is 4.46. The van der Waals surface area contributed by atoms with Crippen molar-refractivity contribution in [1.29, 1.82) is 0 Å². The molecular weight excluding hydrogens is 380 g/mol. The molecule has 4 rings (SSSR count). The maximum atomic E-state index is 12.0. The summed E-state index contributed by atoms with van der Waals surface area (Å²) >= 11 is 0. The minimum atomic E-state index is -4.45. The molecule has 28 heavy (non-hydrogen) atoms. The van der Waals surface area contributed by atoms with Crippen LogP contribution in [0.5, 0.6) is 0 Å². The second-order valence-corrected chi connectivity index (χ2v) is 7.50. The van der Waals surface area contributed by atoms with Gasteiger partial charge < -0.3 is 15.7 Å². The van der Waals surface area contributed by atoms with Crippen molar-refractivity contribution in [1.82, 2.24) is 0 Å².